The van der Waals surface area contributed by atoms with Gasteiger partial charge < -0.3 is 18.6 Å². The quantitative estimate of drug-likeness (QED) is 0.0778. The van der Waals surface area contributed by atoms with Crippen LogP contribution in [-0.2, 0) is 0 Å². The van der Waals surface area contributed by atoms with Gasteiger partial charge in [-0.1, -0.05) is 232 Å². The van der Waals surface area contributed by atoms with Gasteiger partial charge in [0.1, 0.15) is 22.3 Å². The molecule has 3 heterocycles. The minimum absolute atomic E-state index is 0.135. The fraction of sp³-hybridized carbons (Fsp3) is 0.0556. The van der Waals surface area contributed by atoms with Crippen LogP contribution in [0.5, 0.6) is 0 Å². The lowest BCUT2D eigenvalue weighted by Gasteiger charge is -2.28. The monoisotopic (exact) mass is 1220 g/mol. The van der Waals surface area contributed by atoms with Crippen molar-refractivity contribution in [1.29, 1.82) is 0 Å². The highest BCUT2D eigenvalue weighted by molar-refractivity contribution is 6.36. The molecule has 0 spiro atoms. The van der Waals surface area contributed by atoms with Crippen molar-refractivity contribution in [1.82, 2.24) is 0 Å². The average molecular weight is 1220 g/mol. The van der Waals surface area contributed by atoms with E-state index < -0.39 is 0 Å². The molecule has 0 aliphatic carbocycles. The summed E-state index contributed by atoms with van der Waals surface area (Å²) in [4.78, 5) is 9.55. The molecule has 1 unspecified atom stereocenters. The average Bonchev–Trinajstić information content (AvgIpc) is 1.65. The number of benzene rings is 16. The number of nitrogens with zero attached hydrogens (tertiary/aromatic N) is 3. The van der Waals surface area contributed by atoms with Crippen LogP contribution in [-0.4, -0.2) is 12.9 Å². The Morgan fingerprint density at radius 2 is 1.02 bits per heavy atom. The van der Waals surface area contributed by atoms with Crippen LogP contribution in [0.25, 0.3) is 142 Å². The van der Waals surface area contributed by atoms with E-state index in [2.05, 4.69) is 321 Å². The van der Waals surface area contributed by atoms with E-state index in [1.54, 1.807) is 0 Å². The van der Waals surface area contributed by atoms with Crippen molar-refractivity contribution < 1.29 is 8.83 Å². The molecule has 0 bridgehead atoms. The molecule has 95 heavy (non-hydrogen) atoms. The van der Waals surface area contributed by atoms with E-state index in [0.717, 1.165) is 98.9 Å². The Bertz CT molecular complexity index is 6240. The molecule has 5 heteroatoms. The van der Waals surface area contributed by atoms with Gasteiger partial charge in [0.05, 0.1) is 17.7 Å². The molecule has 16 aromatic carbocycles. The summed E-state index contributed by atoms with van der Waals surface area (Å²) in [5, 5.41) is 20.6. The van der Waals surface area contributed by atoms with E-state index in [0.29, 0.717) is 6.54 Å². The first-order valence-electron chi connectivity index (χ1n) is 33.0. The van der Waals surface area contributed by atoms with Gasteiger partial charge in [-0.2, -0.15) is 0 Å². The molecule has 2 aromatic heterocycles. The summed E-state index contributed by atoms with van der Waals surface area (Å²) >= 11 is 0. The topological polar surface area (TPSA) is 45.1 Å². The van der Waals surface area contributed by atoms with E-state index in [4.69, 9.17) is 13.8 Å². The van der Waals surface area contributed by atoms with Gasteiger partial charge in [-0.15, -0.1) is 0 Å². The summed E-state index contributed by atoms with van der Waals surface area (Å²) in [5.74, 6) is -0.0985. The van der Waals surface area contributed by atoms with E-state index in [-0.39, 0.29) is 11.8 Å². The molecule has 18 aromatic rings. The van der Waals surface area contributed by atoms with Gasteiger partial charge in [0.2, 0.25) is 0 Å². The molecule has 1 aliphatic rings. The Morgan fingerprint density at radius 3 is 1.81 bits per heavy atom. The van der Waals surface area contributed by atoms with E-state index in [9.17, 15) is 0 Å². The number of para-hydroxylation sites is 1. The zero-order chi connectivity index (χ0) is 62.8. The lowest BCUT2D eigenvalue weighted by atomic mass is 9.78. The van der Waals surface area contributed by atoms with Crippen LogP contribution in [0, 0.1) is 0 Å². The minimum atomic E-state index is -0.233. The molecule has 0 amide bonds. The van der Waals surface area contributed by atoms with Crippen molar-refractivity contribution in [2.24, 2.45) is 4.99 Å². The Morgan fingerprint density at radius 1 is 0.368 bits per heavy atom. The van der Waals surface area contributed by atoms with Crippen molar-refractivity contribution in [3.63, 3.8) is 0 Å². The molecule has 19 rings (SSSR count). The lowest BCUT2D eigenvalue weighted by molar-refractivity contribution is 0.668. The molecule has 0 saturated carbocycles. The Labute approximate surface area is 549 Å². The van der Waals surface area contributed by atoms with Crippen LogP contribution >= 0.6 is 0 Å². The SMILES string of the molecule is CC(C)c1cc2oc3cc(N(c4ccc5cc(-c6ccccc6)ccc5c4)c4cc5ccccc5c5ccccc45)ccc3c2c2c1cc(N1C=NC=CC1)c1cc(C(c3ccccc3)c3cccc4c(-c5ccccc5)c5ccccc5cc34)c3c4ccccc4oc3c12. The number of hydrogen-bond acceptors (Lipinski definition) is 5. The van der Waals surface area contributed by atoms with Gasteiger partial charge in [-0.25, -0.2) is 4.99 Å². The first-order chi connectivity index (χ1) is 47.0. The van der Waals surface area contributed by atoms with Crippen LogP contribution in [0.3, 0.4) is 0 Å². The summed E-state index contributed by atoms with van der Waals surface area (Å²) in [7, 11) is 0. The van der Waals surface area contributed by atoms with Crippen LogP contribution in [0.2, 0.25) is 0 Å². The normalized spacial score (nSPS) is 13.1. The van der Waals surface area contributed by atoms with E-state index in [1.165, 1.54) is 87.6 Å². The second-order valence-corrected chi connectivity index (χ2v) is 25.8. The van der Waals surface area contributed by atoms with Gasteiger partial charge in [0.25, 0.3) is 0 Å². The first kappa shape index (κ1) is 54.7. The molecule has 0 fully saturated rings. The molecular formula is C90H61N3O2. The Kier molecular flexibility index (Phi) is 12.5. The molecule has 1 aliphatic heterocycles. The molecule has 0 N–H and O–H groups in total. The number of aliphatic imine (C=N–C) groups is 1. The zero-order valence-corrected chi connectivity index (χ0v) is 52.5. The summed E-state index contributed by atoms with van der Waals surface area (Å²) in [5.41, 5.74) is 17.1. The predicted octanol–water partition coefficient (Wildman–Crippen LogP) is 25.0. The molecule has 1 atom stereocenters. The van der Waals surface area contributed by atoms with Crippen molar-refractivity contribution in [3.05, 3.63) is 326 Å². The number of rotatable bonds is 10. The van der Waals surface area contributed by atoms with Crippen LogP contribution in [0.15, 0.2) is 317 Å². The fourth-order valence-electron chi connectivity index (χ4n) is 15.9. The minimum Gasteiger partial charge on any atom is -0.456 e. The summed E-state index contributed by atoms with van der Waals surface area (Å²) in [6.07, 6.45) is 6.04. The first-order valence-corrected chi connectivity index (χ1v) is 33.0. The van der Waals surface area contributed by atoms with Crippen molar-refractivity contribution >= 4 is 148 Å². The second kappa shape index (κ2) is 21.8. The maximum absolute atomic E-state index is 7.61. The van der Waals surface area contributed by atoms with Crippen LogP contribution in [0.4, 0.5) is 22.7 Å². The highest BCUT2D eigenvalue weighted by Gasteiger charge is 2.31. The third kappa shape index (κ3) is 8.73. The third-order valence-corrected chi connectivity index (χ3v) is 20.1. The number of fused-ring (bicyclic) bond motifs is 17. The van der Waals surface area contributed by atoms with Gasteiger partial charge in [-0.3, -0.25) is 0 Å². The van der Waals surface area contributed by atoms with Crippen LogP contribution < -0.4 is 9.80 Å². The van der Waals surface area contributed by atoms with Gasteiger partial charge >= 0.3 is 0 Å². The highest BCUT2D eigenvalue weighted by Crippen LogP contribution is 2.54. The van der Waals surface area contributed by atoms with E-state index in [1.807, 2.05) is 12.5 Å². The standard InChI is InChI=1S/C90H61N3O2/c1-55(2)74-53-83-87(73-43-42-65(50-82(73)94-83)93(80-49-63-29-12-14-30-66(63)68-32-16-17-33-69(68)80)64-41-40-60-46-59(38-39-61(60)47-64)56-22-6-3-7-23-56)88-76(74)52-79(92-45-21-44-91-54-92)77-51-78(86-72-34-18-19-37-81(72)95-90(86)89(77)88)85(58-26-10-5-11-27-58)71-36-20-35-70-75(71)48-62-28-13-15-31-67(62)84(70)57-24-8-4-9-25-57/h3-44,46-55,85H,45H2,1-2H3. The van der Waals surface area contributed by atoms with Gasteiger partial charge in [0, 0.05) is 79.2 Å². The summed E-state index contributed by atoms with van der Waals surface area (Å²) in [6.45, 7) is 5.26. The van der Waals surface area contributed by atoms with Gasteiger partial charge in [0.15, 0.2) is 0 Å². The lowest BCUT2D eigenvalue weighted by Crippen LogP contribution is -2.23. The molecular weight excluding hydrogens is 1160 g/mol. The largest absolute Gasteiger partial charge is 0.456 e. The highest BCUT2D eigenvalue weighted by atomic mass is 16.3. The molecule has 5 nitrogen and oxygen atoms in total. The maximum Gasteiger partial charge on any atom is 0.144 e. The maximum atomic E-state index is 7.61. The van der Waals surface area contributed by atoms with Gasteiger partial charge in [-0.05, 0) is 177 Å². The second-order valence-electron chi connectivity index (χ2n) is 25.8. The number of hydrogen-bond donors (Lipinski definition) is 0. The fourth-order valence-corrected chi connectivity index (χ4v) is 15.9. The van der Waals surface area contributed by atoms with Crippen LogP contribution in [0.1, 0.15) is 47.9 Å². The smallest absolute Gasteiger partial charge is 0.144 e. The molecule has 0 saturated heterocycles. The Hall–Kier alpha value is -12.1. The Balaban J connectivity index is 0.899. The summed E-state index contributed by atoms with van der Waals surface area (Å²) in [6, 6.07) is 107. The zero-order valence-electron chi connectivity index (χ0n) is 52.5. The van der Waals surface area contributed by atoms with Crippen molar-refractivity contribution in [3.8, 4) is 22.3 Å². The van der Waals surface area contributed by atoms with Crippen molar-refractivity contribution in [2.75, 3.05) is 16.3 Å². The molecule has 448 valence electrons. The number of anilines is 4. The summed E-state index contributed by atoms with van der Waals surface area (Å²) < 4.78 is 15.1. The third-order valence-electron chi connectivity index (χ3n) is 20.1. The molecule has 0 radical (unpaired) electrons. The van der Waals surface area contributed by atoms with E-state index >= 15 is 0 Å². The number of furan rings is 2. The van der Waals surface area contributed by atoms with Crippen molar-refractivity contribution in [2.45, 2.75) is 25.7 Å². The predicted molar refractivity (Wildman–Crippen MR) is 402 cm³/mol.